The molecule has 0 aromatic heterocycles. The number of hydrogen-bond donors (Lipinski definition) is 0. The maximum Gasteiger partial charge on any atom is 0.344 e. The minimum atomic E-state index is -0.564. The lowest BCUT2D eigenvalue weighted by molar-refractivity contribution is -0.375. The number of nitro groups is 1. The highest BCUT2D eigenvalue weighted by Crippen LogP contribution is 2.35. The molecule has 0 aliphatic carbocycles. The number of rotatable bonds is 2. The van der Waals surface area contributed by atoms with Crippen molar-refractivity contribution in [1.29, 1.82) is 0 Å². The van der Waals surface area contributed by atoms with Gasteiger partial charge in [-0.3, -0.25) is 10.1 Å². The van der Waals surface area contributed by atoms with Gasteiger partial charge in [-0.05, 0) is 18.2 Å². The minimum absolute atomic E-state index is 0.00167. The molecule has 0 radical (unpaired) electrons. The van der Waals surface area contributed by atoms with E-state index in [2.05, 4.69) is 0 Å². The van der Waals surface area contributed by atoms with Gasteiger partial charge in [0.15, 0.2) is 0 Å². The van der Waals surface area contributed by atoms with Gasteiger partial charge in [-0.15, -0.1) is 0 Å². The van der Waals surface area contributed by atoms with E-state index in [-0.39, 0.29) is 11.5 Å². The Bertz CT molecular complexity index is 735. The Hall–Kier alpha value is -2.95. The molecule has 3 rings (SSSR count). The highest BCUT2D eigenvalue weighted by Gasteiger charge is 2.34. The average Bonchev–Trinajstić information content (AvgIpc) is 2.78. The summed E-state index contributed by atoms with van der Waals surface area (Å²) < 4.78 is 5.11. The number of carbonyl (C=O) groups excluding carboxylic acids is 1. The first-order chi connectivity index (χ1) is 9.68. The standard InChI is InChI=1S/C15H9NO4/c17-15-12-9-5-4-8-11(12)14(20-15)13(16(18)19)10-6-2-1-3-7-10/h1-9H. The summed E-state index contributed by atoms with van der Waals surface area (Å²) in [4.78, 5) is 22.6. The highest BCUT2D eigenvalue weighted by atomic mass is 16.6. The molecule has 1 aliphatic heterocycles. The van der Waals surface area contributed by atoms with Gasteiger partial charge in [-0.1, -0.05) is 36.4 Å². The van der Waals surface area contributed by atoms with E-state index in [1.165, 1.54) is 0 Å². The molecule has 0 saturated carbocycles. The lowest BCUT2D eigenvalue weighted by Crippen LogP contribution is -2.02. The zero-order valence-electron chi connectivity index (χ0n) is 10.3. The maximum atomic E-state index is 11.8. The molecule has 2 aromatic rings. The van der Waals surface area contributed by atoms with Crippen molar-refractivity contribution < 1.29 is 14.5 Å². The summed E-state index contributed by atoms with van der Waals surface area (Å²) in [6.07, 6.45) is 0. The molecule has 0 fully saturated rings. The third kappa shape index (κ3) is 1.85. The summed E-state index contributed by atoms with van der Waals surface area (Å²) in [5.41, 5.74) is 0.992. The van der Waals surface area contributed by atoms with Crippen LogP contribution in [0.15, 0.2) is 54.6 Å². The van der Waals surface area contributed by atoms with Gasteiger partial charge >= 0.3 is 11.7 Å². The number of cyclic esters (lactones) is 1. The lowest BCUT2D eigenvalue weighted by Gasteiger charge is -2.02. The Balaban J connectivity index is 2.27. The number of ether oxygens (including phenoxy) is 1. The fraction of sp³-hybridized carbons (Fsp3) is 0. The van der Waals surface area contributed by atoms with Gasteiger partial charge in [-0.2, -0.15) is 0 Å². The van der Waals surface area contributed by atoms with Gasteiger partial charge in [-0.25, -0.2) is 4.79 Å². The Labute approximate surface area is 114 Å². The molecule has 0 N–H and O–H groups in total. The summed E-state index contributed by atoms with van der Waals surface area (Å²) in [6, 6.07) is 15.0. The quantitative estimate of drug-likeness (QED) is 0.476. The van der Waals surface area contributed by atoms with Crippen LogP contribution in [0.3, 0.4) is 0 Å². The maximum absolute atomic E-state index is 11.8. The molecule has 5 heteroatoms. The first kappa shape index (κ1) is 12.1. The van der Waals surface area contributed by atoms with Crippen LogP contribution < -0.4 is 0 Å². The first-order valence-electron chi connectivity index (χ1n) is 5.94. The molecule has 2 aromatic carbocycles. The summed E-state index contributed by atoms with van der Waals surface area (Å²) >= 11 is 0. The van der Waals surface area contributed by atoms with Gasteiger partial charge in [0.05, 0.1) is 16.1 Å². The zero-order valence-corrected chi connectivity index (χ0v) is 10.3. The third-order valence-corrected chi connectivity index (χ3v) is 3.03. The second-order valence-electron chi connectivity index (χ2n) is 4.24. The van der Waals surface area contributed by atoms with Crippen LogP contribution in [0.4, 0.5) is 0 Å². The molecule has 0 atom stereocenters. The molecule has 0 amide bonds. The molecular weight excluding hydrogens is 258 g/mol. The fourth-order valence-electron chi connectivity index (χ4n) is 2.15. The lowest BCUT2D eigenvalue weighted by atomic mass is 10.0. The summed E-state index contributed by atoms with van der Waals surface area (Å²) in [7, 11) is 0. The van der Waals surface area contributed by atoms with Crippen molar-refractivity contribution in [2.75, 3.05) is 0 Å². The van der Waals surface area contributed by atoms with Gasteiger partial charge in [0.1, 0.15) is 0 Å². The number of benzene rings is 2. The third-order valence-electron chi connectivity index (χ3n) is 3.03. The smallest absolute Gasteiger partial charge is 0.344 e. The van der Waals surface area contributed by atoms with Crippen LogP contribution in [-0.2, 0) is 4.74 Å². The van der Waals surface area contributed by atoms with Crippen molar-refractivity contribution in [2.45, 2.75) is 0 Å². The topological polar surface area (TPSA) is 69.4 Å². The van der Waals surface area contributed by atoms with E-state index in [4.69, 9.17) is 4.74 Å². The highest BCUT2D eigenvalue weighted by molar-refractivity contribution is 6.06. The summed E-state index contributed by atoms with van der Waals surface area (Å²) in [6.45, 7) is 0. The van der Waals surface area contributed by atoms with Crippen LogP contribution in [0.2, 0.25) is 0 Å². The Morgan fingerprint density at radius 3 is 2.20 bits per heavy atom. The van der Waals surface area contributed by atoms with Crippen LogP contribution in [0.5, 0.6) is 0 Å². The molecule has 1 heterocycles. The molecule has 0 saturated heterocycles. The number of esters is 1. The van der Waals surface area contributed by atoms with Crippen LogP contribution >= 0.6 is 0 Å². The van der Waals surface area contributed by atoms with Crippen molar-refractivity contribution in [1.82, 2.24) is 0 Å². The van der Waals surface area contributed by atoms with E-state index in [0.29, 0.717) is 16.7 Å². The van der Waals surface area contributed by atoms with Gasteiger partial charge in [0, 0.05) is 5.56 Å². The summed E-state index contributed by atoms with van der Waals surface area (Å²) in [5.74, 6) is -0.562. The molecule has 5 nitrogen and oxygen atoms in total. The number of fused-ring (bicyclic) bond motifs is 1. The van der Waals surface area contributed by atoms with Crippen molar-refractivity contribution in [3.05, 3.63) is 81.4 Å². The number of hydrogen-bond acceptors (Lipinski definition) is 4. The van der Waals surface area contributed by atoms with Crippen LogP contribution in [-0.4, -0.2) is 10.9 Å². The van der Waals surface area contributed by atoms with Crippen molar-refractivity contribution >= 4 is 17.4 Å². The largest absolute Gasteiger partial charge is 0.415 e. The molecule has 0 bridgehead atoms. The number of nitrogens with zero attached hydrogens (tertiary/aromatic N) is 1. The normalized spacial score (nSPS) is 15.5. The van der Waals surface area contributed by atoms with E-state index in [1.54, 1.807) is 54.6 Å². The van der Waals surface area contributed by atoms with Crippen molar-refractivity contribution in [2.24, 2.45) is 0 Å². The van der Waals surface area contributed by atoms with E-state index < -0.39 is 10.9 Å². The molecule has 1 aliphatic rings. The van der Waals surface area contributed by atoms with Crippen molar-refractivity contribution in [3.8, 4) is 0 Å². The number of carbonyl (C=O) groups is 1. The Morgan fingerprint density at radius 2 is 1.55 bits per heavy atom. The summed E-state index contributed by atoms with van der Waals surface area (Å²) in [5, 5.41) is 11.4. The van der Waals surface area contributed by atoms with E-state index in [0.717, 1.165) is 0 Å². The molecular formula is C15H9NO4. The molecule has 98 valence electrons. The second kappa shape index (κ2) is 4.62. The minimum Gasteiger partial charge on any atom is -0.415 e. The molecule has 20 heavy (non-hydrogen) atoms. The predicted octanol–water partition coefficient (Wildman–Crippen LogP) is 2.96. The van der Waals surface area contributed by atoms with E-state index >= 15 is 0 Å². The van der Waals surface area contributed by atoms with Gasteiger partial charge in [0.2, 0.25) is 5.76 Å². The predicted molar refractivity (Wildman–Crippen MR) is 72.1 cm³/mol. The SMILES string of the molecule is O=C1OC(=C(c2ccccc2)[N+](=O)[O-])c2ccccc21. The van der Waals surface area contributed by atoms with Gasteiger partial charge < -0.3 is 4.74 Å². The van der Waals surface area contributed by atoms with E-state index in [1.807, 2.05) is 0 Å². The molecule has 0 spiro atoms. The van der Waals surface area contributed by atoms with Crippen LogP contribution in [0, 0.1) is 10.1 Å². The first-order valence-corrected chi connectivity index (χ1v) is 5.94. The molecule has 0 unspecified atom stereocenters. The zero-order chi connectivity index (χ0) is 14.1. The Kier molecular flexibility index (Phi) is 2.80. The van der Waals surface area contributed by atoms with Gasteiger partial charge in [0.25, 0.3) is 0 Å². The van der Waals surface area contributed by atoms with Crippen LogP contribution in [0.25, 0.3) is 11.5 Å². The fourth-order valence-corrected chi connectivity index (χ4v) is 2.15. The monoisotopic (exact) mass is 267 g/mol. The second-order valence-corrected chi connectivity index (χ2v) is 4.24. The van der Waals surface area contributed by atoms with E-state index in [9.17, 15) is 14.9 Å². The van der Waals surface area contributed by atoms with Crippen LogP contribution in [0.1, 0.15) is 21.5 Å². The Morgan fingerprint density at radius 1 is 0.950 bits per heavy atom. The average molecular weight is 267 g/mol. The van der Waals surface area contributed by atoms with Crippen molar-refractivity contribution in [3.63, 3.8) is 0 Å².